The lowest BCUT2D eigenvalue weighted by atomic mass is 10.1. The molecule has 2 unspecified atom stereocenters. The van der Waals surface area contributed by atoms with Gasteiger partial charge in [0.05, 0.1) is 25.9 Å². The number of hydrogen-bond donors (Lipinski definition) is 2. The molecule has 0 aromatic heterocycles. The molecule has 160 valence electrons. The fourth-order valence-corrected chi connectivity index (χ4v) is 4.28. The molecule has 30 heavy (non-hydrogen) atoms. The summed E-state index contributed by atoms with van der Waals surface area (Å²) in [6.07, 6.45) is 0.172. The Morgan fingerprint density at radius 1 is 1.23 bits per heavy atom. The highest BCUT2D eigenvalue weighted by atomic mass is 16.5. The fraction of sp³-hybridized carbons (Fsp3) is 0.435. The number of benzene rings is 2. The van der Waals surface area contributed by atoms with Crippen LogP contribution in [0.3, 0.4) is 0 Å². The van der Waals surface area contributed by atoms with Gasteiger partial charge in [0.25, 0.3) is 0 Å². The van der Waals surface area contributed by atoms with E-state index in [4.69, 9.17) is 9.47 Å². The number of phenolic OH excluding ortho intramolecular Hbond substituents is 1. The van der Waals surface area contributed by atoms with Crippen LogP contribution >= 0.6 is 0 Å². The molecule has 7 nitrogen and oxygen atoms in total. The van der Waals surface area contributed by atoms with Crippen molar-refractivity contribution in [3.63, 3.8) is 0 Å². The summed E-state index contributed by atoms with van der Waals surface area (Å²) in [5.74, 6) is 1.78. The van der Waals surface area contributed by atoms with Crippen molar-refractivity contribution >= 4 is 5.96 Å². The molecule has 2 aromatic carbocycles. The number of fused-ring (bicyclic) bond motifs is 1. The number of methoxy groups -OCH3 is 1. The van der Waals surface area contributed by atoms with Gasteiger partial charge in [0.2, 0.25) is 0 Å². The molecular weight excluding hydrogens is 380 g/mol. The van der Waals surface area contributed by atoms with Gasteiger partial charge in [-0.25, -0.2) is 0 Å². The van der Waals surface area contributed by atoms with Crippen LogP contribution in [-0.4, -0.2) is 73.4 Å². The van der Waals surface area contributed by atoms with Gasteiger partial charge in [-0.05, 0) is 23.8 Å². The van der Waals surface area contributed by atoms with E-state index in [1.165, 1.54) is 5.56 Å². The first-order valence-electron chi connectivity index (χ1n) is 10.4. The molecule has 2 saturated heterocycles. The van der Waals surface area contributed by atoms with Gasteiger partial charge >= 0.3 is 0 Å². The molecule has 4 rings (SSSR count). The van der Waals surface area contributed by atoms with Crippen molar-refractivity contribution in [2.75, 3.05) is 40.4 Å². The molecule has 2 fully saturated rings. The van der Waals surface area contributed by atoms with Crippen molar-refractivity contribution in [1.82, 2.24) is 15.1 Å². The molecule has 2 aromatic rings. The highest BCUT2D eigenvalue weighted by molar-refractivity contribution is 5.80. The minimum Gasteiger partial charge on any atom is -0.508 e. The Morgan fingerprint density at radius 3 is 2.83 bits per heavy atom. The van der Waals surface area contributed by atoms with Gasteiger partial charge in [-0.3, -0.25) is 9.89 Å². The molecule has 0 spiro atoms. The second kappa shape index (κ2) is 9.36. The van der Waals surface area contributed by atoms with Gasteiger partial charge in [-0.15, -0.1) is 0 Å². The summed E-state index contributed by atoms with van der Waals surface area (Å²) < 4.78 is 11.4. The number of nitrogens with one attached hydrogen (secondary N) is 1. The van der Waals surface area contributed by atoms with Crippen LogP contribution in [0.5, 0.6) is 11.5 Å². The Labute approximate surface area is 177 Å². The monoisotopic (exact) mass is 410 g/mol. The average Bonchev–Trinajstić information content (AvgIpc) is 3.21. The smallest absolute Gasteiger partial charge is 0.194 e. The summed E-state index contributed by atoms with van der Waals surface area (Å²) in [5.41, 5.74) is 2.10. The highest BCUT2D eigenvalue weighted by Crippen LogP contribution is 2.26. The largest absolute Gasteiger partial charge is 0.508 e. The van der Waals surface area contributed by atoms with Gasteiger partial charge in [-0.1, -0.05) is 30.3 Å². The summed E-state index contributed by atoms with van der Waals surface area (Å²) in [7, 11) is 3.41. The third-order valence-electron chi connectivity index (χ3n) is 5.88. The van der Waals surface area contributed by atoms with E-state index in [-0.39, 0.29) is 11.9 Å². The van der Waals surface area contributed by atoms with Crippen LogP contribution in [0.4, 0.5) is 0 Å². The summed E-state index contributed by atoms with van der Waals surface area (Å²) in [6.45, 7) is 4.76. The van der Waals surface area contributed by atoms with E-state index in [9.17, 15) is 5.11 Å². The third-order valence-corrected chi connectivity index (χ3v) is 5.88. The average molecular weight is 411 g/mol. The van der Waals surface area contributed by atoms with Gasteiger partial charge in [0, 0.05) is 45.3 Å². The fourth-order valence-electron chi connectivity index (χ4n) is 4.28. The second-order valence-electron chi connectivity index (χ2n) is 7.73. The van der Waals surface area contributed by atoms with Gasteiger partial charge in [0.15, 0.2) is 5.96 Å². The zero-order valence-corrected chi connectivity index (χ0v) is 17.6. The van der Waals surface area contributed by atoms with E-state index in [0.29, 0.717) is 12.6 Å². The van der Waals surface area contributed by atoms with E-state index in [1.54, 1.807) is 26.3 Å². The van der Waals surface area contributed by atoms with E-state index >= 15 is 0 Å². The van der Waals surface area contributed by atoms with Crippen LogP contribution < -0.4 is 10.1 Å². The van der Waals surface area contributed by atoms with Crippen LogP contribution in [0.2, 0.25) is 0 Å². The van der Waals surface area contributed by atoms with Crippen molar-refractivity contribution in [3.8, 4) is 11.5 Å². The normalized spacial score (nSPS) is 22.1. The lowest BCUT2D eigenvalue weighted by Crippen LogP contribution is -2.50. The van der Waals surface area contributed by atoms with E-state index in [1.807, 2.05) is 6.07 Å². The van der Waals surface area contributed by atoms with Crippen LogP contribution in [0.25, 0.3) is 0 Å². The number of ether oxygens (including phenoxy) is 2. The van der Waals surface area contributed by atoms with E-state index in [2.05, 4.69) is 50.4 Å². The SMILES string of the molecule is CN=C(NCc1cc(OC)ccc1O)N1CC2OCCN(Cc3ccccc3)C2C1. The number of likely N-dealkylation sites (tertiary alicyclic amines) is 1. The number of aromatic hydroxyl groups is 1. The Hall–Kier alpha value is -2.77. The number of guanidine groups is 1. The van der Waals surface area contributed by atoms with Crippen LogP contribution in [0.15, 0.2) is 53.5 Å². The van der Waals surface area contributed by atoms with Gasteiger partial charge in [0.1, 0.15) is 11.5 Å². The van der Waals surface area contributed by atoms with Crippen LogP contribution in [0.1, 0.15) is 11.1 Å². The summed E-state index contributed by atoms with van der Waals surface area (Å²) in [5, 5.41) is 13.5. The molecule has 0 amide bonds. The third kappa shape index (κ3) is 4.52. The molecule has 2 heterocycles. The predicted molar refractivity (Wildman–Crippen MR) is 117 cm³/mol. The maximum Gasteiger partial charge on any atom is 0.194 e. The molecular formula is C23H30N4O3. The Morgan fingerprint density at radius 2 is 2.07 bits per heavy atom. The van der Waals surface area contributed by atoms with Gasteiger partial charge in [-0.2, -0.15) is 0 Å². The number of morpholine rings is 1. The zero-order chi connectivity index (χ0) is 20.9. The molecule has 0 aliphatic carbocycles. The molecule has 7 heteroatoms. The number of rotatable bonds is 5. The zero-order valence-electron chi connectivity index (χ0n) is 17.6. The van der Waals surface area contributed by atoms with Crippen molar-refractivity contribution in [2.45, 2.75) is 25.2 Å². The summed E-state index contributed by atoms with van der Waals surface area (Å²) >= 11 is 0. The lowest BCUT2D eigenvalue weighted by molar-refractivity contribution is -0.0502. The molecule has 2 aliphatic rings. The number of hydrogen-bond acceptors (Lipinski definition) is 5. The minimum absolute atomic E-state index is 0.172. The summed E-state index contributed by atoms with van der Waals surface area (Å²) in [6, 6.07) is 16.2. The van der Waals surface area contributed by atoms with Crippen LogP contribution in [-0.2, 0) is 17.8 Å². The minimum atomic E-state index is 0.172. The maximum absolute atomic E-state index is 10.1. The Bertz CT molecular complexity index is 874. The van der Waals surface area contributed by atoms with Crippen LogP contribution in [0, 0.1) is 0 Å². The standard InChI is InChI=1S/C23H30N4O3/c1-24-23(25-13-18-12-19(29-2)8-9-21(18)28)27-15-20-22(16-27)30-11-10-26(20)14-17-6-4-3-5-7-17/h3-9,12,20,22,28H,10-11,13-16H2,1-2H3,(H,24,25). The van der Waals surface area contributed by atoms with E-state index < -0.39 is 0 Å². The topological polar surface area (TPSA) is 69.6 Å². The first-order chi connectivity index (χ1) is 14.7. The van der Waals surface area contributed by atoms with Crippen molar-refractivity contribution in [3.05, 3.63) is 59.7 Å². The van der Waals surface area contributed by atoms with Crippen molar-refractivity contribution in [2.24, 2.45) is 4.99 Å². The number of phenols is 1. The lowest BCUT2D eigenvalue weighted by Gasteiger charge is -2.36. The summed E-state index contributed by atoms with van der Waals surface area (Å²) in [4.78, 5) is 9.23. The molecule has 2 aliphatic heterocycles. The number of nitrogens with zero attached hydrogens (tertiary/aromatic N) is 3. The molecule has 0 saturated carbocycles. The van der Waals surface area contributed by atoms with E-state index in [0.717, 1.165) is 50.1 Å². The molecule has 2 atom stereocenters. The first-order valence-corrected chi connectivity index (χ1v) is 10.4. The van der Waals surface area contributed by atoms with Gasteiger partial charge < -0.3 is 24.8 Å². The predicted octanol–water partition coefficient (Wildman–Crippen LogP) is 2.06. The highest BCUT2D eigenvalue weighted by Gasteiger charge is 2.41. The molecule has 0 bridgehead atoms. The second-order valence-corrected chi connectivity index (χ2v) is 7.73. The molecule has 0 radical (unpaired) electrons. The van der Waals surface area contributed by atoms with Crippen molar-refractivity contribution in [1.29, 1.82) is 0 Å². The number of aliphatic imine (C=N–C) groups is 1. The Kier molecular flexibility index (Phi) is 6.40. The molecule has 2 N–H and O–H groups in total. The maximum atomic E-state index is 10.1. The first kappa shape index (κ1) is 20.5. The Balaban J connectivity index is 1.40. The van der Waals surface area contributed by atoms with Crippen molar-refractivity contribution < 1.29 is 14.6 Å². The quantitative estimate of drug-likeness (QED) is 0.581.